The van der Waals surface area contributed by atoms with Crippen LogP contribution < -0.4 is 0 Å². The van der Waals surface area contributed by atoms with Gasteiger partial charge in [0.15, 0.2) is 5.78 Å². The molecule has 1 aliphatic rings. The van der Waals surface area contributed by atoms with Crippen molar-refractivity contribution in [1.82, 2.24) is 10.0 Å². The molecule has 0 saturated carbocycles. The molecule has 108 valence electrons. The van der Waals surface area contributed by atoms with Gasteiger partial charge in [0.05, 0.1) is 12.6 Å². The lowest BCUT2D eigenvalue weighted by Gasteiger charge is -2.29. The average molecular weight is 280 g/mol. The minimum absolute atomic E-state index is 0.172. The van der Waals surface area contributed by atoms with Gasteiger partial charge in [0.25, 0.3) is 0 Å². The summed E-state index contributed by atoms with van der Waals surface area (Å²) in [5, 5.41) is 4.35. The Kier molecular flexibility index (Phi) is 4.13. The van der Waals surface area contributed by atoms with Crippen LogP contribution >= 0.6 is 0 Å². The lowest BCUT2D eigenvalue weighted by atomic mass is 10.0. The van der Waals surface area contributed by atoms with Gasteiger partial charge in [0.2, 0.25) is 0 Å². The van der Waals surface area contributed by atoms with E-state index in [1.165, 1.54) is 5.56 Å². The summed E-state index contributed by atoms with van der Waals surface area (Å²) in [4.78, 5) is 12.5. The first-order chi connectivity index (χ1) is 10.3. The van der Waals surface area contributed by atoms with Gasteiger partial charge in [-0.05, 0) is 12.0 Å². The molecule has 1 atom stereocenters. The molecule has 0 bridgehead atoms. The van der Waals surface area contributed by atoms with E-state index in [1.807, 2.05) is 36.4 Å². The molecule has 1 saturated heterocycles. The van der Waals surface area contributed by atoms with Crippen molar-refractivity contribution in [1.29, 1.82) is 0 Å². The van der Waals surface area contributed by atoms with Crippen LogP contribution in [0.15, 0.2) is 60.7 Å². The molecule has 1 fully saturated rings. The number of ketones is 1. The van der Waals surface area contributed by atoms with Gasteiger partial charge in [-0.1, -0.05) is 60.7 Å². The molecule has 0 aliphatic carbocycles. The second kappa shape index (κ2) is 6.20. The van der Waals surface area contributed by atoms with Gasteiger partial charge in [-0.3, -0.25) is 4.79 Å². The van der Waals surface area contributed by atoms with Gasteiger partial charge in [-0.25, -0.2) is 10.0 Å². The second-order valence-corrected chi connectivity index (χ2v) is 5.48. The number of Topliss-reactive ketones (excluding diaryl/α,β-unsaturated/α-hetero) is 1. The standard InChI is InChI=1S/C18H20N2O/c1-19-13-12-17(15-8-4-2-5-9-15)20(19)14-18(21)16-10-6-3-7-11-16/h2-11,17H,12-14H2,1H3. The Balaban J connectivity index is 1.78. The van der Waals surface area contributed by atoms with E-state index in [0.717, 1.165) is 18.5 Å². The molecule has 0 N–H and O–H groups in total. The Morgan fingerprint density at radius 3 is 2.33 bits per heavy atom. The fraction of sp³-hybridized carbons (Fsp3) is 0.278. The van der Waals surface area contributed by atoms with Crippen molar-refractivity contribution in [2.75, 3.05) is 20.1 Å². The van der Waals surface area contributed by atoms with Crippen molar-refractivity contribution in [3.63, 3.8) is 0 Å². The highest BCUT2D eigenvalue weighted by atomic mass is 16.1. The highest BCUT2D eigenvalue weighted by Crippen LogP contribution is 2.31. The predicted octanol–water partition coefficient (Wildman–Crippen LogP) is 3.16. The van der Waals surface area contributed by atoms with Crippen LogP contribution in [-0.4, -0.2) is 35.9 Å². The zero-order valence-electron chi connectivity index (χ0n) is 12.3. The maximum absolute atomic E-state index is 12.5. The molecule has 1 aliphatic heterocycles. The van der Waals surface area contributed by atoms with Gasteiger partial charge in [0, 0.05) is 19.2 Å². The van der Waals surface area contributed by atoms with Crippen molar-refractivity contribution in [2.24, 2.45) is 0 Å². The van der Waals surface area contributed by atoms with E-state index >= 15 is 0 Å². The van der Waals surface area contributed by atoms with Crippen LogP contribution in [0.25, 0.3) is 0 Å². The molecule has 2 aromatic rings. The SMILES string of the molecule is CN1CCC(c2ccccc2)N1CC(=O)c1ccccc1. The summed E-state index contributed by atoms with van der Waals surface area (Å²) in [7, 11) is 2.06. The summed E-state index contributed by atoms with van der Waals surface area (Å²) in [5.74, 6) is 0.172. The molecular weight excluding hydrogens is 260 g/mol. The van der Waals surface area contributed by atoms with E-state index < -0.39 is 0 Å². The number of rotatable bonds is 4. The number of hydrogen-bond acceptors (Lipinski definition) is 3. The summed E-state index contributed by atoms with van der Waals surface area (Å²) >= 11 is 0. The van der Waals surface area contributed by atoms with Crippen molar-refractivity contribution >= 4 is 5.78 Å². The smallest absolute Gasteiger partial charge is 0.178 e. The maximum Gasteiger partial charge on any atom is 0.178 e. The van der Waals surface area contributed by atoms with Gasteiger partial charge < -0.3 is 0 Å². The quantitative estimate of drug-likeness (QED) is 0.804. The minimum Gasteiger partial charge on any atom is -0.293 e. The fourth-order valence-corrected chi connectivity index (χ4v) is 2.93. The van der Waals surface area contributed by atoms with E-state index in [4.69, 9.17) is 0 Å². The highest BCUT2D eigenvalue weighted by Gasteiger charge is 2.31. The van der Waals surface area contributed by atoms with Crippen LogP contribution in [0.5, 0.6) is 0 Å². The first-order valence-corrected chi connectivity index (χ1v) is 7.36. The third-order valence-corrected chi connectivity index (χ3v) is 4.11. The zero-order valence-corrected chi connectivity index (χ0v) is 12.3. The molecule has 0 spiro atoms. The van der Waals surface area contributed by atoms with Crippen molar-refractivity contribution in [3.05, 3.63) is 71.8 Å². The molecule has 21 heavy (non-hydrogen) atoms. The Bertz CT molecular complexity index is 597. The normalized spacial score (nSPS) is 19.8. The molecule has 0 radical (unpaired) electrons. The number of benzene rings is 2. The van der Waals surface area contributed by atoms with Crippen LogP contribution in [-0.2, 0) is 0 Å². The monoisotopic (exact) mass is 280 g/mol. The summed E-state index contributed by atoms with van der Waals surface area (Å²) in [6, 6.07) is 20.3. The molecule has 3 nitrogen and oxygen atoms in total. The first kappa shape index (κ1) is 14.0. The Labute approximate surface area is 125 Å². The lowest BCUT2D eigenvalue weighted by molar-refractivity contribution is 0.0223. The Morgan fingerprint density at radius 2 is 1.67 bits per heavy atom. The second-order valence-electron chi connectivity index (χ2n) is 5.48. The summed E-state index contributed by atoms with van der Waals surface area (Å²) in [6.07, 6.45) is 1.06. The van der Waals surface area contributed by atoms with Crippen LogP contribution in [0.2, 0.25) is 0 Å². The van der Waals surface area contributed by atoms with E-state index in [0.29, 0.717) is 12.6 Å². The molecule has 0 aromatic heterocycles. The van der Waals surface area contributed by atoms with Gasteiger partial charge in [0.1, 0.15) is 0 Å². The average Bonchev–Trinajstić information content (AvgIpc) is 2.90. The Morgan fingerprint density at radius 1 is 1.05 bits per heavy atom. The van der Waals surface area contributed by atoms with Gasteiger partial charge in [-0.2, -0.15) is 0 Å². The van der Waals surface area contributed by atoms with Gasteiger partial charge >= 0.3 is 0 Å². The van der Waals surface area contributed by atoms with Crippen LogP contribution in [0, 0.1) is 0 Å². The van der Waals surface area contributed by atoms with Crippen LogP contribution in [0.4, 0.5) is 0 Å². The number of nitrogens with zero attached hydrogens (tertiary/aromatic N) is 2. The van der Waals surface area contributed by atoms with E-state index in [-0.39, 0.29) is 5.78 Å². The third-order valence-electron chi connectivity index (χ3n) is 4.11. The number of hydrogen-bond donors (Lipinski definition) is 0. The van der Waals surface area contributed by atoms with E-state index in [2.05, 4.69) is 41.3 Å². The summed E-state index contributed by atoms with van der Waals surface area (Å²) in [6.45, 7) is 1.42. The molecule has 1 heterocycles. The van der Waals surface area contributed by atoms with E-state index in [9.17, 15) is 4.79 Å². The first-order valence-electron chi connectivity index (χ1n) is 7.36. The molecular formula is C18H20N2O. The molecule has 2 aromatic carbocycles. The summed E-state index contributed by atoms with van der Waals surface area (Å²) in [5.41, 5.74) is 2.06. The highest BCUT2D eigenvalue weighted by molar-refractivity contribution is 5.97. The fourth-order valence-electron chi connectivity index (χ4n) is 2.93. The molecule has 3 heteroatoms. The number of carbonyl (C=O) groups excluding carboxylic acids is 1. The maximum atomic E-state index is 12.5. The Hall–Kier alpha value is -1.97. The topological polar surface area (TPSA) is 23.6 Å². The summed E-state index contributed by atoms with van der Waals surface area (Å²) < 4.78 is 0. The zero-order chi connectivity index (χ0) is 14.7. The minimum atomic E-state index is 0.172. The van der Waals surface area contributed by atoms with Gasteiger partial charge in [-0.15, -0.1) is 0 Å². The number of carbonyl (C=O) groups is 1. The third kappa shape index (κ3) is 3.04. The van der Waals surface area contributed by atoms with E-state index in [1.54, 1.807) is 0 Å². The van der Waals surface area contributed by atoms with Crippen molar-refractivity contribution < 1.29 is 4.79 Å². The van der Waals surface area contributed by atoms with Crippen molar-refractivity contribution in [3.8, 4) is 0 Å². The molecule has 1 unspecified atom stereocenters. The lowest BCUT2D eigenvalue weighted by Crippen LogP contribution is -2.38. The van der Waals surface area contributed by atoms with Crippen LogP contribution in [0.3, 0.4) is 0 Å². The van der Waals surface area contributed by atoms with Crippen molar-refractivity contribution in [2.45, 2.75) is 12.5 Å². The largest absolute Gasteiger partial charge is 0.293 e. The van der Waals surface area contributed by atoms with Crippen LogP contribution in [0.1, 0.15) is 28.4 Å². The number of hydrazine groups is 1. The molecule has 3 rings (SSSR count). The predicted molar refractivity (Wildman–Crippen MR) is 83.9 cm³/mol. The molecule has 0 amide bonds.